The van der Waals surface area contributed by atoms with Gasteiger partial charge in [-0.05, 0) is 0 Å². The first-order valence-corrected chi connectivity index (χ1v) is 3.72. The molecule has 12 heavy (non-hydrogen) atoms. The quantitative estimate of drug-likeness (QED) is 0.465. The van der Waals surface area contributed by atoms with Crippen molar-refractivity contribution in [1.82, 2.24) is 0 Å². The molecular weight excluding hydrogens is 301 g/mol. The molecule has 0 spiro atoms. The molecule has 0 N–H and O–H groups in total. The van der Waals surface area contributed by atoms with Crippen molar-refractivity contribution in [2.24, 2.45) is 5.92 Å². The van der Waals surface area contributed by atoms with Gasteiger partial charge in [-0.3, -0.25) is 4.79 Å². The summed E-state index contributed by atoms with van der Waals surface area (Å²) < 4.78 is 0. The molecule has 0 saturated heterocycles. The molecule has 1 aromatic carbocycles. The van der Waals surface area contributed by atoms with Crippen LogP contribution >= 0.6 is 0 Å². The van der Waals surface area contributed by atoms with Crippen LogP contribution in [0.2, 0.25) is 0 Å². The average molecular weight is 312 g/mol. The van der Waals surface area contributed by atoms with E-state index in [1.807, 2.05) is 13.8 Å². The van der Waals surface area contributed by atoms with Gasteiger partial charge < -0.3 is 0 Å². The van der Waals surface area contributed by atoms with Crippen LogP contribution in [0.15, 0.2) is 24.3 Å². The second-order valence-corrected chi connectivity index (χ2v) is 2.81. The third-order valence-electron chi connectivity index (χ3n) is 1.53. The van der Waals surface area contributed by atoms with Gasteiger partial charge in [-0.15, -0.1) is 0 Å². The van der Waals surface area contributed by atoms with Crippen molar-refractivity contribution in [2.45, 2.75) is 13.8 Å². The maximum absolute atomic E-state index is 11.3. The van der Waals surface area contributed by atoms with Crippen molar-refractivity contribution in [1.29, 1.82) is 0 Å². The van der Waals surface area contributed by atoms with E-state index in [-0.39, 0.29) is 49.4 Å². The Morgan fingerprint density at radius 2 is 1.83 bits per heavy atom. The second kappa shape index (κ2) is 5.74. The van der Waals surface area contributed by atoms with Crippen LogP contribution in [0.1, 0.15) is 24.2 Å². The molecule has 0 fully saturated rings. The molecule has 0 aliphatic carbocycles. The van der Waals surface area contributed by atoms with Crippen LogP contribution in [0.4, 0.5) is 0 Å². The van der Waals surface area contributed by atoms with E-state index in [1.54, 1.807) is 24.3 Å². The maximum atomic E-state index is 11.3. The Morgan fingerprint density at radius 1 is 1.33 bits per heavy atom. The Bertz CT molecular complexity index is 241. The van der Waals surface area contributed by atoms with Gasteiger partial charge in [-0.2, -0.15) is 30.3 Å². The van der Waals surface area contributed by atoms with Crippen LogP contribution < -0.4 is 0 Å². The summed E-state index contributed by atoms with van der Waals surface area (Å²) in [5.74, 6) is 0.274. The van der Waals surface area contributed by atoms with Gasteiger partial charge in [-0.1, -0.05) is 19.4 Å². The van der Waals surface area contributed by atoms with Crippen molar-refractivity contribution < 1.29 is 42.5 Å². The molecule has 0 aromatic heterocycles. The Hall–Kier alpha value is 0.150. The average Bonchev–Trinajstić information content (AvgIpc) is 2.05. The first kappa shape index (κ1) is 12.1. The van der Waals surface area contributed by atoms with E-state index in [1.165, 1.54) is 0 Å². The molecular formula is C10H11HoO-. The van der Waals surface area contributed by atoms with E-state index in [9.17, 15) is 4.79 Å². The van der Waals surface area contributed by atoms with Gasteiger partial charge in [0.1, 0.15) is 5.78 Å². The zero-order chi connectivity index (χ0) is 8.27. The SMILES string of the molecule is CC(C)C(=O)c1cc[c-]cc1.[Ho]. The third-order valence-corrected chi connectivity index (χ3v) is 1.53. The fraction of sp³-hybridized carbons (Fsp3) is 0.300. The fourth-order valence-corrected chi connectivity index (χ4v) is 0.884. The van der Waals surface area contributed by atoms with Crippen LogP contribution in [-0.4, -0.2) is 5.78 Å². The summed E-state index contributed by atoms with van der Waals surface area (Å²) >= 11 is 0. The fourth-order valence-electron chi connectivity index (χ4n) is 0.884. The van der Waals surface area contributed by atoms with Crippen molar-refractivity contribution >= 4 is 5.78 Å². The normalized spacial score (nSPS) is 9.25. The number of hydrogen-bond donors (Lipinski definition) is 0. The first-order valence-electron chi connectivity index (χ1n) is 3.72. The van der Waals surface area contributed by atoms with Crippen LogP contribution in [0.25, 0.3) is 0 Å². The van der Waals surface area contributed by atoms with Crippen molar-refractivity contribution in [3.63, 3.8) is 0 Å². The van der Waals surface area contributed by atoms with E-state index >= 15 is 0 Å². The molecule has 0 heterocycles. The molecule has 2 heteroatoms. The van der Waals surface area contributed by atoms with E-state index in [4.69, 9.17) is 0 Å². The number of Topliss-reactive ketones (excluding diaryl/α,β-unsaturated/α-hetero) is 1. The van der Waals surface area contributed by atoms with E-state index < -0.39 is 0 Å². The zero-order valence-corrected chi connectivity index (χ0v) is 9.03. The second-order valence-electron chi connectivity index (χ2n) is 2.81. The molecule has 1 nitrogen and oxygen atoms in total. The topological polar surface area (TPSA) is 17.1 Å². The molecule has 0 bridgehead atoms. The largest absolute Gasteiger partial charge is 0.296 e. The summed E-state index contributed by atoms with van der Waals surface area (Å²) in [6.07, 6.45) is 0. The monoisotopic (exact) mass is 312 g/mol. The number of carbonyl (C=O) groups is 1. The maximum Gasteiger partial charge on any atom is 0.141 e. The molecule has 0 aliphatic rings. The molecule has 1 rings (SSSR count). The van der Waals surface area contributed by atoms with Crippen molar-refractivity contribution in [2.75, 3.05) is 0 Å². The molecule has 1 aromatic rings. The summed E-state index contributed by atoms with van der Waals surface area (Å²) in [5.41, 5.74) is 0.777. The van der Waals surface area contributed by atoms with E-state index in [0.29, 0.717) is 0 Å². The number of benzene rings is 1. The smallest absolute Gasteiger partial charge is 0.141 e. The van der Waals surface area contributed by atoms with Gasteiger partial charge >= 0.3 is 0 Å². The summed E-state index contributed by atoms with van der Waals surface area (Å²) in [5, 5.41) is 0. The molecule has 0 atom stereocenters. The molecule has 0 aliphatic heterocycles. The number of rotatable bonds is 2. The van der Waals surface area contributed by atoms with Crippen LogP contribution in [-0.2, 0) is 0 Å². The van der Waals surface area contributed by atoms with Gasteiger partial charge in [0, 0.05) is 43.7 Å². The van der Waals surface area contributed by atoms with Gasteiger partial charge in [0.05, 0.1) is 0 Å². The number of ketones is 1. The van der Waals surface area contributed by atoms with Crippen molar-refractivity contribution in [3.05, 3.63) is 35.9 Å². The molecule has 1 radical (unpaired) electrons. The Kier molecular flexibility index (Phi) is 5.81. The summed E-state index contributed by atoms with van der Waals surface area (Å²) in [6, 6.07) is 9.98. The molecule has 69 valence electrons. The van der Waals surface area contributed by atoms with Gasteiger partial charge in [0.25, 0.3) is 0 Å². The number of carbonyl (C=O) groups excluding carboxylic acids is 1. The van der Waals surface area contributed by atoms with Gasteiger partial charge in [-0.25, -0.2) is 0 Å². The minimum absolute atomic E-state index is 0. The predicted molar refractivity (Wildman–Crippen MR) is 44.4 cm³/mol. The minimum Gasteiger partial charge on any atom is -0.296 e. The number of hydrogen-bond acceptors (Lipinski definition) is 1. The summed E-state index contributed by atoms with van der Waals surface area (Å²) in [4.78, 5) is 11.3. The standard InChI is InChI=1S/C10H11O.Ho/c1-8(2)10(11)9-6-4-3-5-7-9;/h4-8H,1-2H3;/q-1;. The zero-order valence-electron chi connectivity index (χ0n) is 7.10. The first-order chi connectivity index (χ1) is 5.22. The van der Waals surface area contributed by atoms with Gasteiger partial charge in [0.2, 0.25) is 0 Å². The van der Waals surface area contributed by atoms with Crippen LogP contribution in [0, 0.1) is 49.7 Å². The van der Waals surface area contributed by atoms with Crippen LogP contribution in [0.3, 0.4) is 0 Å². The van der Waals surface area contributed by atoms with Crippen molar-refractivity contribution in [3.8, 4) is 0 Å². The van der Waals surface area contributed by atoms with Gasteiger partial charge in [0.15, 0.2) is 0 Å². The summed E-state index contributed by atoms with van der Waals surface area (Å²) in [7, 11) is 0. The Balaban J connectivity index is 0.00000121. The van der Waals surface area contributed by atoms with E-state index in [0.717, 1.165) is 5.56 Å². The molecule has 0 amide bonds. The predicted octanol–water partition coefficient (Wildman–Crippen LogP) is 2.33. The minimum atomic E-state index is 0. The molecule has 0 saturated carbocycles. The molecule has 0 unspecified atom stereocenters. The summed E-state index contributed by atoms with van der Waals surface area (Å²) in [6.45, 7) is 3.80. The Morgan fingerprint density at radius 3 is 2.25 bits per heavy atom. The Labute approximate surface area is 103 Å². The van der Waals surface area contributed by atoms with E-state index in [2.05, 4.69) is 6.07 Å². The third kappa shape index (κ3) is 3.26. The van der Waals surface area contributed by atoms with Crippen LogP contribution in [0.5, 0.6) is 0 Å².